The van der Waals surface area contributed by atoms with Gasteiger partial charge < -0.3 is 25.2 Å². The van der Waals surface area contributed by atoms with Gasteiger partial charge in [-0.15, -0.1) is 11.8 Å². The van der Waals surface area contributed by atoms with Crippen LogP contribution in [0.2, 0.25) is 0 Å². The van der Waals surface area contributed by atoms with Gasteiger partial charge in [0, 0.05) is 50.5 Å². The first-order chi connectivity index (χ1) is 18.9. The molecule has 2 N–H and O–H groups in total. The summed E-state index contributed by atoms with van der Waals surface area (Å²) < 4.78 is 5.33. The maximum absolute atomic E-state index is 13.0. The van der Waals surface area contributed by atoms with Crippen molar-refractivity contribution >= 4 is 35.0 Å². The fraction of sp³-hybridized carbons (Fsp3) is 0.448. The van der Waals surface area contributed by atoms with Gasteiger partial charge in [-0.1, -0.05) is 18.2 Å². The van der Waals surface area contributed by atoms with Crippen LogP contribution in [-0.2, 0) is 16.0 Å². The molecule has 206 valence electrons. The van der Waals surface area contributed by atoms with Gasteiger partial charge in [0.2, 0.25) is 11.8 Å². The Morgan fingerprint density at radius 2 is 2.03 bits per heavy atom. The molecule has 0 radical (unpaired) electrons. The minimum absolute atomic E-state index is 0.0396. The Morgan fingerprint density at radius 1 is 1.23 bits per heavy atom. The molecule has 1 saturated heterocycles. The maximum atomic E-state index is 13.0. The third-order valence-electron chi connectivity index (χ3n) is 6.71. The number of hydrogen-bond donors (Lipinski definition) is 2. The Balaban J connectivity index is 1.50. The Kier molecular flexibility index (Phi) is 11.3. The number of amides is 2. The van der Waals surface area contributed by atoms with Crippen LogP contribution in [0.3, 0.4) is 0 Å². The summed E-state index contributed by atoms with van der Waals surface area (Å²) in [4.78, 5) is 29.1. The molecule has 10 heteroatoms. The molecule has 1 aliphatic rings. The second kappa shape index (κ2) is 14.9. The largest absolute Gasteiger partial charge is 0.497 e. The number of thioether (sulfide) groups is 1. The van der Waals surface area contributed by atoms with E-state index in [2.05, 4.69) is 40.8 Å². The van der Waals surface area contributed by atoms with E-state index in [-0.39, 0.29) is 29.5 Å². The molecule has 2 amide bonds. The van der Waals surface area contributed by atoms with E-state index in [1.54, 1.807) is 12.0 Å². The predicted octanol–water partition coefficient (Wildman–Crippen LogP) is 3.64. The van der Waals surface area contributed by atoms with Crippen LogP contribution in [0.4, 0.5) is 11.4 Å². The highest BCUT2D eigenvalue weighted by molar-refractivity contribution is 8.01. The van der Waals surface area contributed by atoms with Crippen LogP contribution in [-0.4, -0.2) is 67.7 Å². The van der Waals surface area contributed by atoms with Crippen molar-refractivity contribution in [1.82, 2.24) is 10.2 Å². The Bertz CT molecular complexity index is 1210. The topological polar surface area (TPSA) is 121 Å². The summed E-state index contributed by atoms with van der Waals surface area (Å²) in [5.41, 5.74) is 3.33. The fourth-order valence-electron chi connectivity index (χ4n) is 4.51. The number of nitriles is 2. The summed E-state index contributed by atoms with van der Waals surface area (Å²) in [6.07, 6.45) is 1.76. The Labute approximate surface area is 235 Å². The van der Waals surface area contributed by atoms with Crippen LogP contribution in [0.5, 0.6) is 5.75 Å². The van der Waals surface area contributed by atoms with Crippen molar-refractivity contribution in [3.63, 3.8) is 0 Å². The van der Waals surface area contributed by atoms with Crippen LogP contribution in [0.1, 0.15) is 25.3 Å². The van der Waals surface area contributed by atoms with E-state index in [1.807, 2.05) is 49.4 Å². The van der Waals surface area contributed by atoms with Gasteiger partial charge in [0.15, 0.2) is 0 Å². The van der Waals surface area contributed by atoms with Crippen molar-refractivity contribution in [2.45, 2.75) is 36.8 Å². The van der Waals surface area contributed by atoms with E-state index in [0.717, 1.165) is 30.1 Å². The standard InChI is InChI=1S/C29H36N6O3S/c1-4-35-27(18-22(20-31)28(36)33-15-13-30)39-26(29(35)37)11-14-32-23-8-5-7-21(17-23)12-16-34(2)24-9-6-10-25(19-24)38-3/h5-10,17,19,22,26-27,32H,4,11-12,14-16,18H2,1-3H3,(H,33,36). The molecule has 0 bridgehead atoms. The lowest BCUT2D eigenvalue weighted by molar-refractivity contribution is -0.131. The molecular weight excluding hydrogens is 512 g/mol. The highest BCUT2D eigenvalue weighted by Gasteiger charge is 2.40. The molecule has 1 aliphatic heterocycles. The molecule has 39 heavy (non-hydrogen) atoms. The predicted molar refractivity (Wildman–Crippen MR) is 154 cm³/mol. The zero-order valence-corrected chi connectivity index (χ0v) is 23.5. The van der Waals surface area contributed by atoms with E-state index < -0.39 is 11.8 Å². The summed E-state index contributed by atoms with van der Waals surface area (Å²) >= 11 is 1.51. The quantitative estimate of drug-likeness (QED) is 0.343. The van der Waals surface area contributed by atoms with Crippen molar-refractivity contribution in [1.29, 1.82) is 10.5 Å². The number of nitrogens with one attached hydrogen (secondary N) is 2. The van der Waals surface area contributed by atoms with Crippen molar-refractivity contribution < 1.29 is 14.3 Å². The van der Waals surface area contributed by atoms with Gasteiger partial charge in [0.25, 0.3) is 0 Å². The van der Waals surface area contributed by atoms with Gasteiger partial charge in [0.05, 0.1) is 29.9 Å². The highest BCUT2D eigenvalue weighted by atomic mass is 32.2. The van der Waals surface area contributed by atoms with Crippen LogP contribution < -0.4 is 20.3 Å². The van der Waals surface area contributed by atoms with Crippen LogP contribution >= 0.6 is 11.8 Å². The minimum atomic E-state index is -0.903. The number of anilines is 2. The van der Waals surface area contributed by atoms with Gasteiger partial charge >= 0.3 is 0 Å². The molecule has 2 aromatic rings. The number of hydrogen-bond acceptors (Lipinski definition) is 8. The molecule has 0 saturated carbocycles. The first-order valence-corrected chi connectivity index (χ1v) is 14.0. The molecule has 0 aliphatic carbocycles. The fourth-order valence-corrected chi connectivity index (χ4v) is 6.10. The molecule has 1 fully saturated rings. The van der Waals surface area contributed by atoms with Gasteiger partial charge in [-0.05, 0) is 49.6 Å². The Morgan fingerprint density at radius 3 is 2.74 bits per heavy atom. The van der Waals surface area contributed by atoms with Crippen LogP contribution in [0.15, 0.2) is 48.5 Å². The smallest absolute Gasteiger partial charge is 0.238 e. The third kappa shape index (κ3) is 8.30. The zero-order valence-electron chi connectivity index (χ0n) is 22.7. The number of benzene rings is 2. The van der Waals surface area contributed by atoms with Crippen molar-refractivity contribution in [3.8, 4) is 17.9 Å². The maximum Gasteiger partial charge on any atom is 0.238 e. The normalized spacial score (nSPS) is 17.2. The van der Waals surface area contributed by atoms with Crippen LogP contribution in [0, 0.1) is 28.6 Å². The first-order valence-electron chi connectivity index (χ1n) is 13.1. The van der Waals surface area contributed by atoms with Crippen molar-refractivity contribution in [3.05, 3.63) is 54.1 Å². The lowest BCUT2D eigenvalue weighted by Gasteiger charge is -2.23. The van der Waals surface area contributed by atoms with Crippen molar-refractivity contribution in [2.24, 2.45) is 5.92 Å². The number of likely N-dealkylation sites (N-methyl/N-ethyl adjacent to an activating group) is 1. The molecule has 3 atom stereocenters. The second-order valence-corrected chi connectivity index (χ2v) is 10.7. The molecule has 3 rings (SSSR count). The van der Waals surface area contributed by atoms with E-state index in [0.29, 0.717) is 19.5 Å². The molecule has 0 aromatic heterocycles. The average Bonchev–Trinajstić information content (AvgIpc) is 3.26. The van der Waals surface area contributed by atoms with Crippen molar-refractivity contribution in [2.75, 3.05) is 50.6 Å². The monoisotopic (exact) mass is 548 g/mol. The lowest BCUT2D eigenvalue weighted by atomic mass is 10.1. The first kappa shape index (κ1) is 29.7. The third-order valence-corrected chi connectivity index (χ3v) is 8.24. The number of nitrogens with zero attached hydrogens (tertiary/aromatic N) is 4. The second-order valence-electron chi connectivity index (χ2n) is 9.29. The molecular formula is C29H36N6O3S. The van der Waals surface area contributed by atoms with E-state index in [9.17, 15) is 14.9 Å². The molecule has 2 aromatic carbocycles. The number of methoxy groups -OCH3 is 1. The van der Waals surface area contributed by atoms with Gasteiger partial charge in [-0.3, -0.25) is 9.59 Å². The average molecular weight is 549 g/mol. The van der Waals surface area contributed by atoms with Crippen LogP contribution in [0.25, 0.3) is 0 Å². The molecule has 1 heterocycles. The summed E-state index contributed by atoms with van der Waals surface area (Å²) in [5, 5.41) is 23.6. The summed E-state index contributed by atoms with van der Waals surface area (Å²) in [5.74, 6) is -0.496. The SMILES string of the molecule is CCN1C(=O)C(CCNc2cccc(CCN(C)c3cccc(OC)c3)c2)SC1CC(C#N)C(=O)NCC#N. The number of rotatable bonds is 14. The zero-order chi connectivity index (χ0) is 28.2. The highest BCUT2D eigenvalue weighted by Crippen LogP contribution is 2.37. The molecule has 3 unspecified atom stereocenters. The summed E-state index contributed by atoms with van der Waals surface area (Å²) in [6.45, 7) is 3.77. The summed E-state index contributed by atoms with van der Waals surface area (Å²) in [6, 6.07) is 20.2. The lowest BCUT2D eigenvalue weighted by Crippen LogP contribution is -2.38. The number of carbonyl (C=O) groups excluding carboxylic acids is 2. The van der Waals surface area contributed by atoms with Gasteiger partial charge in [-0.2, -0.15) is 10.5 Å². The summed E-state index contributed by atoms with van der Waals surface area (Å²) in [7, 11) is 3.74. The van der Waals surface area contributed by atoms with E-state index in [1.165, 1.54) is 17.3 Å². The Hall–Kier alpha value is -3.89. The van der Waals surface area contributed by atoms with E-state index >= 15 is 0 Å². The number of ether oxygens (including phenoxy) is 1. The van der Waals surface area contributed by atoms with E-state index in [4.69, 9.17) is 10.00 Å². The number of carbonyl (C=O) groups is 2. The van der Waals surface area contributed by atoms with Gasteiger partial charge in [-0.25, -0.2) is 0 Å². The minimum Gasteiger partial charge on any atom is -0.497 e. The molecule has 0 spiro atoms. The molecule has 9 nitrogen and oxygen atoms in total. The van der Waals surface area contributed by atoms with Gasteiger partial charge in [0.1, 0.15) is 18.2 Å².